The van der Waals surface area contributed by atoms with Crippen LogP contribution in [0.25, 0.3) is 5.69 Å². The zero-order valence-electron chi connectivity index (χ0n) is 12.7. The van der Waals surface area contributed by atoms with E-state index in [4.69, 9.17) is 11.6 Å². The van der Waals surface area contributed by atoms with Gasteiger partial charge in [-0.25, -0.2) is 9.80 Å². The summed E-state index contributed by atoms with van der Waals surface area (Å²) in [5.74, 6) is -0.348. The van der Waals surface area contributed by atoms with Gasteiger partial charge >= 0.3 is 6.03 Å². The molecule has 0 unspecified atom stereocenters. The smallest absolute Gasteiger partial charge is 0.318 e. The van der Waals surface area contributed by atoms with Gasteiger partial charge in [0.05, 0.1) is 6.21 Å². The molecule has 0 radical (unpaired) electrons. The Kier molecular flexibility index (Phi) is 3.92. The monoisotopic (exact) mass is 330 g/mol. The first-order valence-corrected chi connectivity index (χ1v) is 7.43. The summed E-state index contributed by atoms with van der Waals surface area (Å²) in [6.45, 7) is 3.91. The third kappa shape index (κ3) is 2.98. The zero-order valence-corrected chi connectivity index (χ0v) is 13.5. The van der Waals surface area contributed by atoms with Crippen LogP contribution in [0.15, 0.2) is 35.4 Å². The van der Waals surface area contributed by atoms with Crippen molar-refractivity contribution in [3.8, 4) is 5.69 Å². The van der Waals surface area contributed by atoms with Crippen LogP contribution in [0, 0.1) is 13.8 Å². The van der Waals surface area contributed by atoms with Crippen molar-refractivity contribution >= 4 is 29.8 Å². The van der Waals surface area contributed by atoms with Crippen LogP contribution in [0.5, 0.6) is 0 Å². The van der Waals surface area contributed by atoms with Crippen LogP contribution in [0.4, 0.5) is 4.79 Å². The summed E-state index contributed by atoms with van der Waals surface area (Å²) in [6.07, 6.45) is 1.59. The molecule has 1 fully saturated rings. The number of rotatable bonds is 3. The molecule has 23 heavy (non-hydrogen) atoms. The van der Waals surface area contributed by atoms with E-state index in [1.165, 1.54) is 0 Å². The first kappa shape index (κ1) is 15.3. The number of halogens is 1. The fourth-order valence-electron chi connectivity index (χ4n) is 2.56. The molecule has 1 aromatic carbocycles. The van der Waals surface area contributed by atoms with Crippen LogP contribution in [-0.2, 0) is 4.79 Å². The summed E-state index contributed by atoms with van der Waals surface area (Å²) in [5, 5.41) is 8.06. The molecule has 0 saturated carbocycles. The Hall–Kier alpha value is -2.60. The zero-order chi connectivity index (χ0) is 16.6. The fourth-order valence-corrected chi connectivity index (χ4v) is 2.69. The summed E-state index contributed by atoms with van der Waals surface area (Å²) in [7, 11) is 0. The number of hydrogen-bond acceptors (Lipinski definition) is 3. The van der Waals surface area contributed by atoms with Crippen molar-refractivity contribution in [2.24, 2.45) is 5.10 Å². The number of aryl methyl sites for hydroxylation is 1. The summed E-state index contributed by atoms with van der Waals surface area (Å²) in [6, 6.07) is 9.03. The van der Waals surface area contributed by atoms with Crippen molar-refractivity contribution in [1.82, 2.24) is 14.9 Å². The normalized spacial score (nSPS) is 14.8. The molecule has 0 bridgehead atoms. The molecule has 2 heterocycles. The van der Waals surface area contributed by atoms with Crippen LogP contribution >= 0.6 is 11.6 Å². The summed E-state index contributed by atoms with van der Waals surface area (Å²) in [4.78, 5) is 22.6. The highest BCUT2D eigenvalue weighted by atomic mass is 35.5. The Bertz CT molecular complexity index is 808. The number of benzene rings is 1. The van der Waals surface area contributed by atoms with Gasteiger partial charge in [-0.2, -0.15) is 5.10 Å². The number of aromatic nitrogens is 1. The minimum absolute atomic E-state index is 0.0503. The molecule has 3 rings (SSSR count). The van der Waals surface area contributed by atoms with Gasteiger partial charge < -0.3 is 4.57 Å². The van der Waals surface area contributed by atoms with Crippen molar-refractivity contribution < 1.29 is 9.59 Å². The minimum atomic E-state index is -0.502. The number of nitrogens with zero attached hydrogens (tertiary/aromatic N) is 3. The molecular formula is C16H15ClN4O2. The lowest BCUT2D eigenvalue weighted by molar-refractivity contribution is -0.118. The second-order valence-electron chi connectivity index (χ2n) is 5.29. The Morgan fingerprint density at radius 3 is 2.52 bits per heavy atom. The number of hydrogen-bond donors (Lipinski definition) is 1. The average molecular weight is 331 g/mol. The molecule has 1 aliphatic rings. The molecule has 6 nitrogen and oxygen atoms in total. The maximum absolute atomic E-state index is 11.5. The third-order valence-corrected chi connectivity index (χ3v) is 3.92. The van der Waals surface area contributed by atoms with Crippen LogP contribution in [0.2, 0.25) is 5.02 Å². The number of nitrogens with one attached hydrogen (secondary N) is 1. The molecule has 1 aromatic heterocycles. The quantitative estimate of drug-likeness (QED) is 0.694. The second-order valence-corrected chi connectivity index (χ2v) is 5.73. The average Bonchev–Trinajstić information content (AvgIpc) is 2.97. The second kappa shape index (κ2) is 5.89. The van der Waals surface area contributed by atoms with Crippen LogP contribution in [0.3, 0.4) is 0 Å². The highest BCUT2D eigenvalue weighted by Crippen LogP contribution is 2.21. The van der Waals surface area contributed by atoms with E-state index in [-0.39, 0.29) is 12.5 Å². The standard InChI is InChI=1S/C16H15ClN4O2/c1-10-7-12(8-18-20-9-15(22)19-16(20)23)11(2)21(10)14-5-3-13(17)4-6-14/h3-8H,9H2,1-2H3,(H,19,22,23)/b18-8+. The van der Waals surface area contributed by atoms with E-state index in [0.29, 0.717) is 5.02 Å². The first-order chi connectivity index (χ1) is 11.0. The van der Waals surface area contributed by atoms with Gasteiger partial charge in [0.15, 0.2) is 0 Å². The van der Waals surface area contributed by atoms with Gasteiger partial charge in [0.2, 0.25) is 5.91 Å². The summed E-state index contributed by atoms with van der Waals surface area (Å²) < 4.78 is 2.08. The van der Waals surface area contributed by atoms with Gasteiger partial charge in [-0.3, -0.25) is 10.1 Å². The molecule has 7 heteroatoms. The molecule has 1 saturated heterocycles. The maximum atomic E-state index is 11.5. The highest BCUT2D eigenvalue weighted by molar-refractivity contribution is 6.30. The van der Waals surface area contributed by atoms with Crippen molar-refractivity contribution in [3.63, 3.8) is 0 Å². The molecule has 0 aliphatic carbocycles. The predicted octanol–water partition coefficient (Wildman–Crippen LogP) is 2.63. The lowest BCUT2D eigenvalue weighted by Gasteiger charge is -2.09. The Balaban J connectivity index is 1.90. The van der Waals surface area contributed by atoms with E-state index < -0.39 is 6.03 Å². The molecular weight excluding hydrogens is 316 g/mol. The molecule has 0 spiro atoms. The maximum Gasteiger partial charge on any atom is 0.344 e. The summed E-state index contributed by atoms with van der Waals surface area (Å²) >= 11 is 5.93. The van der Waals surface area contributed by atoms with E-state index in [1.807, 2.05) is 44.2 Å². The van der Waals surface area contributed by atoms with E-state index in [0.717, 1.165) is 27.6 Å². The number of imide groups is 1. The fraction of sp³-hybridized carbons (Fsp3) is 0.188. The lowest BCUT2D eigenvalue weighted by atomic mass is 10.2. The van der Waals surface area contributed by atoms with Gasteiger partial charge in [-0.05, 0) is 44.2 Å². The Morgan fingerprint density at radius 1 is 1.22 bits per heavy atom. The van der Waals surface area contributed by atoms with Crippen LogP contribution in [0.1, 0.15) is 17.0 Å². The third-order valence-electron chi connectivity index (χ3n) is 3.67. The van der Waals surface area contributed by atoms with Crippen molar-refractivity contribution in [2.75, 3.05) is 6.54 Å². The first-order valence-electron chi connectivity index (χ1n) is 7.06. The van der Waals surface area contributed by atoms with Crippen LogP contribution in [-0.4, -0.2) is 34.3 Å². The number of carbonyl (C=O) groups is 2. The lowest BCUT2D eigenvalue weighted by Crippen LogP contribution is -2.24. The Labute approximate surface area is 138 Å². The number of urea groups is 1. The van der Waals surface area contributed by atoms with Crippen LogP contribution < -0.4 is 5.32 Å². The van der Waals surface area contributed by atoms with Gasteiger partial charge in [-0.15, -0.1) is 0 Å². The van der Waals surface area contributed by atoms with E-state index in [2.05, 4.69) is 15.0 Å². The van der Waals surface area contributed by atoms with E-state index in [1.54, 1.807) is 6.21 Å². The van der Waals surface area contributed by atoms with Crippen molar-refractivity contribution in [3.05, 3.63) is 52.3 Å². The topological polar surface area (TPSA) is 66.7 Å². The Morgan fingerprint density at radius 2 is 1.91 bits per heavy atom. The van der Waals surface area contributed by atoms with Gasteiger partial charge in [-0.1, -0.05) is 11.6 Å². The van der Waals surface area contributed by atoms with E-state index in [9.17, 15) is 9.59 Å². The van der Waals surface area contributed by atoms with Gasteiger partial charge in [0.25, 0.3) is 0 Å². The van der Waals surface area contributed by atoms with E-state index >= 15 is 0 Å². The largest absolute Gasteiger partial charge is 0.344 e. The molecule has 1 N–H and O–H groups in total. The minimum Gasteiger partial charge on any atom is -0.318 e. The number of carbonyl (C=O) groups excluding carboxylic acids is 2. The SMILES string of the molecule is Cc1cc(/C=N/N2CC(=O)NC2=O)c(C)n1-c1ccc(Cl)cc1. The number of amides is 3. The summed E-state index contributed by atoms with van der Waals surface area (Å²) in [5.41, 5.74) is 3.90. The highest BCUT2D eigenvalue weighted by Gasteiger charge is 2.26. The van der Waals surface area contributed by atoms with Crippen molar-refractivity contribution in [1.29, 1.82) is 0 Å². The molecule has 1 aliphatic heterocycles. The molecule has 118 valence electrons. The molecule has 0 atom stereocenters. The molecule has 3 amide bonds. The van der Waals surface area contributed by atoms with Crippen molar-refractivity contribution in [2.45, 2.75) is 13.8 Å². The predicted molar refractivity (Wildman–Crippen MR) is 88.1 cm³/mol. The number of hydrazone groups is 1. The molecule has 2 aromatic rings. The van der Waals surface area contributed by atoms with Gasteiger partial charge in [0.1, 0.15) is 6.54 Å². The van der Waals surface area contributed by atoms with Gasteiger partial charge in [0, 0.05) is 27.7 Å².